The molecule has 0 aromatic heterocycles. The highest BCUT2D eigenvalue weighted by Gasteiger charge is 2.31. The predicted octanol–water partition coefficient (Wildman–Crippen LogP) is 2.45. The van der Waals surface area contributed by atoms with Gasteiger partial charge in [0.25, 0.3) is 0 Å². The van der Waals surface area contributed by atoms with Crippen LogP contribution in [0.1, 0.15) is 17.5 Å². The van der Waals surface area contributed by atoms with Crippen molar-refractivity contribution in [1.82, 2.24) is 0 Å². The average Bonchev–Trinajstić information content (AvgIpc) is 2.65. The number of amides is 2. The molecular weight excluding hydrogens is 352 g/mol. The van der Waals surface area contributed by atoms with Crippen molar-refractivity contribution < 1.29 is 18.0 Å². The lowest BCUT2D eigenvalue weighted by molar-refractivity contribution is -0.121. The SMILES string of the molecule is Cc1cc(C)cc(NC(=O)CN2C(=O)CCS(=O)(=O)c3ccccc32)c1. The zero-order chi connectivity index (χ0) is 18.9. The third kappa shape index (κ3) is 3.77. The fraction of sp³-hybridized carbons (Fsp3) is 0.263. The fourth-order valence-electron chi connectivity index (χ4n) is 3.11. The first-order valence-corrected chi connectivity index (χ1v) is 9.92. The number of rotatable bonds is 3. The summed E-state index contributed by atoms with van der Waals surface area (Å²) in [4.78, 5) is 26.3. The molecule has 2 amide bonds. The zero-order valence-corrected chi connectivity index (χ0v) is 15.5. The summed E-state index contributed by atoms with van der Waals surface area (Å²) in [6.07, 6.45) is -0.145. The van der Waals surface area contributed by atoms with Gasteiger partial charge >= 0.3 is 0 Å². The first-order chi connectivity index (χ1) is 12.3. The number of anilines is 2. The molecule has 26 heavy (non-hydrogen) atoms. The van der Waals surface area contributed by atoms with Crippen LogP contribution in [0.3, 0.4) is 0 Å². The van der Waals surface area contributed by atoms with Crippen molar-refractivity contribution in [3.05, 3.63) is 53.6 Å². The van der Waals surface area contributed by atoms with Crippen LogP contribution in [0.4, 0.5) is 11.4 Å². The first-order valence-electron chi connectivity index (χ1n) is 8.26. The van der Waals surface area contributed by atoms with Gasteiger partial charge in [-0.15, -0.1) is 0 Å². The summed E-state index contributed by atoms with van der Waals surface area (Å²) >= 11 is 0. The Morgan fingerprint density at radius 1 is 1.12 bits per heavy atom. The number of nitrogens with zero attached hydrogens (tertiary/aromatic N) is 1. The van der Waals surface area contributed by atoms with Gasteiger partial charge in [0.1, 0.15) is 6.54 Å². The molecule has 0 saturated heterocycles. The van der Waals surface area contributed by atoms with Crippen molar-refractivity contribution in [2.75, 3.05) is 22.5 Å². The Kier molecular flexibility index (Phi) is 4.82. The molecule has 1 aliphatic heterocycles. The predicted molar refractivity (Wildman–Crippen MR) is 100 cm³/mol. The number of carbonyl (C=O) groups is 2. The molecule has 136 valence electrons. The third-order valence-electron chi connectivity index (χ3n) is 4.18. The van der Waals surface area contributed by atoms with Gasteiger partial charge in [0, 0.05) is 12.1 Å². The minimum atomic E-state index is -3.54. The Morgan fingerprint density at radius 2 is 1.77 bits per heavy atom. The molecule has 0 spiro atoms. The molecule has 3 rings (SSSR count). The van der Waals surface area contributed by atoms with E-state index in [4.69, 9.17) is 0 Å². The second kappa shape index (κ2) is 6.92. The minimum absolute atomic E-state index is 0.0880. The summed E-state index contributed by atoms with van der Waals surface area (Å²) in [6.45, 7) is 3.63. The van der Waals surface area contributed by atoms with Crippen LogP contribution in [-0.4, -0.2) is 32.5 Å². The van der Waals surface area contributed by atoms with E-state index < -0.39 is 9.84 Å². The highest BCUT2D eigenvalue weighted by atomic mass is 32.2. The molecule has 0 bridgehead atoms. The quantitative estimate of drug-likeness (QED) is 0.897. The van der Waals surface area contributed by atoms with Gasteiger partial charge in [-0.1, -0.05) is 18.2 Å². The lowest BCUT2D eigenvalue weighted by Gasteiger charge is -2.22. The molecule has 0 radical (unpaired) electrons. The van der Waals surface area contributed by atoms with E-state index in [1.165, 1.54) is 11.0 Å². The van der Waals surface area contributed by atoms with Crippen molar-refractivity contribution in [2.24, 2.45) is 0 Å². The van der Waals surface area contributed by atoms with Gasteiger partial charge in [-0.2, -0.15) is 0 Å². The van der Waals surface area contributed by atoms with Crippen LogP contribution < -0.4 is 10.2 Å². The molecule has 1 N–H and O–H groups in total. The van der Waals surface area contributed by atoms with E-state index in [-0.39, 0.29) is 41.1 Å². The number of nitrogens with one attached hydrogen (secondary N) is 1. The average molecular weight is 372 g/mol. The summed E-state index contributed by atoms with van der Waals surface area (Å²) in [5.41, 5.74) is 2.94. The van der Waals surface area contributed by atoms with Gasteiger partial charge in [0.2, 0.25) is 11.8 Å². The van der Waals surface area contributed by atoms with Gasteiger partial charge < -0.3 is 10.2 Å². The minimum Gasteiger partial charge on any atom is -0.325 e. The summed E-state index contributed by atoms with van der Waals surface area (Å²) in [5, 5.41) is 2.78. The van der Waals surface area contributed by atoms with Gasteiger partial charge in [-0.3, -0.25) is 9.59 Å². The molecule has 2 aromatic rings. The van der Waals surface area contributed by atoms with E-state index in [0.717, 1.165) is 11.1 Å². The van der Waals surface area contributed by atoms with E-state index in [0.29, 0.717) is 5.69 Å². The molecule has 0 aliphatic carbocycles. The van der Waals surface area contributed by atoms with Gasteiger partial charge in [0.05, 0.1) is 16.3 Å². The number of aryl methyl sites for hydroxylation is 2. The standard InChI is InChI=1S/C19H20N2O4S/c1-13-9-14(2)11-15(10-13)20-18(22)12-21-16-5-3-4-6-17(16)26(24,25)8-7-19(21)23/h3-6,9-11H,7-8,12H2,1-2H3,(H,20,22). The molecule has 6 nitrogen and oxygen atoms in total. The number of para-hydroxylation sites is 1. The van der Waals surface area contributed by atoms with E-state index in [1.54, 1.807) is 18.2 Å². The van der Waals surface area contributed by atoms with Crippen molar-refractivity contribution in [2.45, 2.75) is 25.2 Å². The molecule has 0 saturated carbocycles. The number of carbonyl (C=O) groups excluding carboxylic acids is 2. The van der Waals surface area contributed by atoms with Gasteiger partial charge in [-0.25, -0.2) is 8.42 Å². The highest BCUT2D eigenvalue weighted by molar-refractivity contribution is 7.91. The Morgan fingerprint density at radius 3 is 2.46 bits per heavy atom. The van der Waals surface area contributed by atoms with Crippen LogP contribution in [-0.2, 0) is 19.4 Å². The summed E-state index contributed by atoms with van der Waals surface area (Å²) in [6, 6.07) is 12.0. The van der Waals surface area contributed by atoms with Crippen LogP contribution in [0, 0.1) is 13.8 Å². The molecular formula is C19H20N2O4S. The van der Waals surface area contributed by atoms with Crippen molar-refractivity contribution in [3.63, 3.8) is 0 Å². The Labute approximate surface area is 152 Å². The maximum absolute atomic E-state index is 12.5. The summed E-state index contributed by atoms with van der Waals surface area (Å²) in [5.74, 6) is -1.01. The zero-order valence-electron chi connectivity index (χ0n) is 14.7. The fourth-order valence-corrected chi connectivity index (χ4v) is 4.55. The van der Waals surface area contributed by atoms with Crippen molar-refractivity contribution in [3.8, 4) is 0 Å². The normalized spacial score (nSPS) is 15.9. The number of sulfone groups is 1. The summed E-state index contributed by atoms with van der Waals surface area (Å²) in [7, 11) is -3.54. The molecule has 2 aromatic carbocycles. The van der Waals surface area contributed by atoms with Crippen LogP contribution in [0.25, 0.3) is 0 Å². The first kappa shape index (κ1) is 18.1. The maximum atomic E-state index is 12.5. The van der Waals surface area contributed by atoms with E-state index in [2.05, 4.69) is 5.32 Å². The number of fused-ring (bicyclic) bond motifs is 1. The maximum Gasteiger partial charge on any atom is 0.244 e. The lowest BCUT2D eigenvalue weighted by atomic mass is 10.1. The van der Waals surface area contributed by atoms with E-state index >= 15 is 0 Å². The Bertz CT molecular complexity index is 963. The van der Waals surface area contributed by atoms with Crippen LogP contribution in [0.15, 0.2) is 47.4 Å². The molecule has 7 heteroatoms. The van der Waals surface area contributed by atoms with Crippen LogP contribution in [0.5, 0.6) is 0 Å². The van der Waals surface area contributed by atoms with E-state index in [9.17, 15) is 18.0 Å². The smallest absolute Gasteiger partial charge is 0.244 e. The molecule has 0 unspecified atom stereocenters. The second-order valence-electron chi connectivity index (χ2n) is 6.44. The van der Waals surface area contributed by atoms with Crippen LogP contribution in [0.2, 0.25) is 0 Å². The Balaban J connectivity index is 1.88. The highest BCUT2D eigenvalue weighted by Crippen LogP contribution is 2.30. The van der Waals surface area contributed by atoms with Gasteiger partial charge in [0.15, 0.2) is 9.84 Å². The third-order valence-corrected chi connectivity index (χ3v) is 5.94. The Hall–Kier alpha value is -2.67. The second-order valence-corrected chi connectivity index (χ2v) is 8.52. The molecule has 0 fully saturated rings. The number of benzene rings is 2. The van der Waals surface area contributed by atoms with E-state index in [1.807, 2.05) is 32.0 Å². The molecule has 0 atom stereocenters. The van der Waals surface area contributed by atoms with Crippen molar-refractivity contribution >= 4 is 33.0 Å². The lowest BCUT2D eigenvalue weighted by Crippen LogP contribution is -2.37. The number of hydrogen-bond donors (Lipinski definition) is 1. The van der Waals surface area contributed by atoms with Gasteiger partial charge in [-0.05, 0) is 49.2 Å². The van der Waals surface area contributed by atoms with Crippen molar-refractivity contribution in [1.29, 1.82) is 0 Å². The molecule has 1 heterocycles. The monoisotopic (exact) mass is 372 g/mol. The molecule has 1 aliphatic rings. The largest absolute Gasteiger partial charge is 0.325 e. The summed E-state index contributed by atoms with van der Waals surface area (Å²) < 4.78 is 24.7. The topological polar surface area (TPSA) is 83.6 Å². The number of hydrogen-bond acceptors (Lipinski definition) is 4. The van der Waals surface area contributed by atoms with Crippen LogP contribution >= 0.6 is 0 Å².